The van der Waals surface area contributed by atoms with Crippen LogP contribution in [0.5, 0.6) is 0 Å². The van der Waals surface area contributed by atoms with Crippen LogP contribution in [0.2, 0.25) is 0 Å². The van der Waals surface area contributed by atoms with E-state index in [2.05, 4.69) is 4.98 Å². The first-order chi connectivity index (χ1) is 8.18. The van der Waals surface area contributed by atoms with Crippen molar-refractivity contribution in [3.63, 3.8) is 0 Å². The number of primary amides is 1. The van der Waals surface area contributed by atoms with Gasteiger partial charge in [0, 0.05) is 19.3 Å². The van der Waals surface area contributed by atoms with Crippen LogP contribution in [0, 0.1) is 0 Å². The highest BCUT2D eigenvalue weighted by Gasteiger charge is 2.19. The van der Waals surface area contributed by atoms with E-state index in [4.69, 9.17) is 10.5 Å². The minimum absolute atomic E-state index is 0.149. The van der Waals surface area contributed by atoms with Crippen LogP contribution in [0.25, 0.3) is 0 Å². The fraction of sp³-hybridized carbons (Fsp3) is 0.364. The van der Waals surface area contributed by atoms with Crippen LogP contribution in [0.3, 0.4) is 0 Å². The number of pyridine rings is 1. The summed E-state index contributed by atoms with van der Waals surface area (Å²) in [6.45, 7) is 2.23. The van der Waals surface area contributed by atoms with Gasteiger partial charge in [-0.3, -0.25) is 14.6 Å². The van der Waals surface area contributed by atoms with Crippen molar-refractivity contribution in [3.05, 3.63) is 29.6 Å². The highest BCUT2D eigenvalue weighted by atomic mass is 16.5. The van der Waals surface area contributed by atoms with Crippen LogP contribution in [0.1, 0.15) is 20.8 Å². The number of amides is 2. The van der Waals surface area contributed by atoms with Gasteiger partial charge in [-0.25, -0.2) is 0 Å². The van der Waals surface area contributed by atoms with Crippen molar-refractivity contribution in [2.75, 3.05) is 26.3 Å². The third kappa shape index (κ3) is 2.59. The molecule has 6 nitrogen and oxygen atoms in total. The molecule has 6 heteroatoms. The van der Waals surface area contributed by atoms with Crippen molar-refractivity contribution in [1.82, 2.24) is 9.88 Å². The van der Waals surface area contributed by atoms with Crippen LogP contribution in [0.15, 0.2) is 18.3 Å². The molecular weight excluding hydrogens is 222 g/mol. The van der Waals surface area contributed by atoms with E-state index in [0.717, 1.165) is 0 Å². The smallest absolute Gasteiger partial charge is 0.272 e. The fourth-order valence-corrected chi connectivity index (χ4v) is 1.59. The molecule has 2 amide bonds. The third-order valence-corrected chi connectivity index (χ3v) is 2.57. The summed E-state index contributed by atoms with van der Waals surface area (Å²) < 4.78 is 5.16. The first-order valence-corrected chi connectivity index (χ1v) is 5.31. The third-order valence-electron chi connectivity index (χ3n) is 2.57. The standard InChI is InChI=1S/C11H13N3O3/c12-10(15)8-1-2-9(13-7-8)11(16)14-3-5-17-6-4-14/h1-2,7H,3-6H2,(H2,12,15). The molecule has 1 aliphatic rings. The Balaban J connectivity index is 2.10. The van der Waals surface area contributed by atoms with E-state index in [1.165, 1.54) is 18.3 Å². The number of hydrogen-bond donors (Lipinski definition) is 1. The molecule has 1 fully saturated rings. The molecule has 1 aromatic heterocycles. The minimum atomic E-state index is -0.553. The molecule has 0 atom stereocenters. The van der Waals surface area contributed by atoms with Crippen LogP contribution < -0.4 is 5.73 Å². The van der Waals surface area contributed by atoms with Crippen molar-refractivity contribution in [3.8, 4) is 0 Å². The Hall–Kier alpha value is -1.95. The zero-order valence-corrected chi connectivity index (χ0v) is 9.26. The Kier molecular flexibility index (Phi) is 3.34. The molecular formula is C11H13N3O3. The molecule has 1 aliphatic heterocycles. The molecule has 1 saturated heterocycles. The number of carbonyl (C=O) groups excluding carboxylic acids is 2. The van der Waals surface area contributed by atoms with Gasteiger partial charge < -0.3 is 15.4 Å². The molecule has 1 aromatic rings. The van der Waals surface area contributed by atoms with E-state index in [0.29, 0.717) is 37.6 Å². The highest BCUT2D eigenvalue weighted by molar-refractivity contribution is 5.95. The lowest BCUT2D eigenvalue weighted by atomic mass is 10.2. The van der Waals surface area contributed by atoms with Crippen molar-refractivity contribution >= 4 is 11.8 Å². The second-order valence-corrected chi connectivity index (χ2v) is 3.70. The maximum absolute atomic E-state index is 12.0. The van der Waals surface area contributed by atoms with E-state index in [9.17, 15) is 9.59 Å². The Bertz CT molecular complexity index is 424. The summed E-state index contributed by atoms with van der Waals surface area (Å²) in [7, 11) is 0. The van der Waals surface area contributed by atoms with E-state index in [1.807, 2.05) is 0 Å². The topological polar surface area (TPSA) is 85.5 Å². The first kappa shape index (κ1) is 11.5. The Morgan fingerprint density at radius 3 is 2.53 bits per heavy atom. The van der Waals surface area contributed by atoms with Gasteiger partial charge in [-0.05, 0) is 12.1 Å². The van der Waals surface area contributed by atoms with Crippen LogP contribution in [-0.2, 0) is 4.74 Å². The molecule has 0 aliphatic carbocycles. The monoisotopic (exact) mass is 235 g/mol. The minimum Gasteiger partial charge on any atom is -0.378 e. The number of ether oxygens (including phenoxy) is 1. The summed E-state index contributed by atoms with van der Waals surface area (Å²) in [4.78, 5) is 28.4. The zero-order chi connectivity index (χ0) is 12.3. The normalized spacial score (nSPS) is 15.6. The van der Waals surface area contributed by atoms with Gasteiger partial charge in [0.05, 0.1) is 18.8 Å². The predicted octanol–water partition coefficient (Wildman–Crippen LogP) is -0.347. The largest absolute Gasteiger partial charge is 0.378 e. The number of rotatable bonds is 2. The Labute approximate surface area is 98.4 Å². The fourth-order valence-electron chi connectivity index (χ4n) is 1.59. The van der Waals surface area contributed by atoms with Gasteiger partial charge in [0.1, 0.15) is 5.69 Å². The second-order valence-electron chi connectivity index (χ2n) is 3.70. The number of nitrogens with two attached hydrogens (primary N) is 1. The average molecular weight is 235 g/mol. The lowest BCUT2D eigenvalue weighted by molar-refractivity contribution is 0.0299. The van der Waals surface area contributed by atoms with Gasteiger partial charge in [0.2, 0.25) is 5.91 Å². The molecule has 0 radical (unpaired) electrons. The van der Waals surface area contributed by atoms with Gasteiger partial charge in [0.25, 0.3) is 5.91 Å². The van der Waals surface area contributed by atoms with E-state index in [-0.39, 0.29) is 5.91 Å². The summed E-state index contributed by atoms with van der Waals surface area (Å²) >= 11 is 0. The quantitative estimate of drug-likeness (QED) is 0.759. The van der Waals surface area contributed by atoms with Crippen molar-refractivity contribution in [1.29, 1.82) is 0 Å². The molecule has 0 saturated carbocycles. The van der Waals surface area contributed by atoms with E-state index >= 15 is 0 Å². The van der Waals surface area contributed by atoms with Gasteiger partial charge in [0.15, 0.2) is 0 Å². The average Bonchev–Trinajstić information content (AvgIpc) is 2.39. The molecule has 0 bridgehead atoms. The summed E-state index contributed by atoms with van der Waals surface area (Å²) in [6, 6.07) is 3.01. The van der Waals surface area contributed by atoms with E-state index < -0.39 is 5.91 Å². The SMILES string of the molecule is NC(=O)c1ccc(C(=O)N2CCOCC2)nc1. The Morgan fingerprint density at radius 2 is 2.00 bits per heavy atom. The number of aromatic nitrogens is 1. The maximum Gasteiger partial charge on any atom is 0.272 e. The number of nitrogens with zero attached hydrogens (tertiary/aromatic N) is 2. The number of carbonyl (C=O) groups is 2. The lowest BCUT2D eigenvalue weighted by Gasteiger charge is -2.26. The van der Waals surface area contributed by atoms with Gasteiger partial charge >= 0.3 is 0 Å². The molecule has 0 aromatic carbocycles. The molecule has 90 valence electrons. The van der Waals surface area contributed by atoms with Crippen LogP contribution in [-0.4, -0.2) is 48.0 Å². The molecule has 2 heterocycles. The second kappa shape index (κ2) is 4.92. The molecule has 2 rings (SSSR count). The van der Waals surface area contributed by atoms with Gasteiger partial charge in [-0.15, -0.1) is 0 Å². The van der Waals surface area contributed by atoms with E-state index in [1.54, 1.807) is 4.90 Å². The zero-order valence-electron chi connectivity index (χ0n) is 9.26. The summed E-state index contributed by atoms with van der Waals surface area (Å²) in [5, 5.41) is 0. The van der Waals surface area contributed by atoms with Crippen LogP contribution >= 0.6 is 0 Å². The van der Waals surface area contributed by atoms with Gasteiger partial charge in [-0.1, -0.05) is 0 Å². The summed E-state index contributed by atoms with van der Waals surface area (Å²) in [5.41, 5.74) is 5.70. The van der Waals surface area contributed by atoms with Gasteiger partial charge in [-0.2, -0.15) is 0 Å². The highest BCUT2D eigenvalue weighted by Crippen LogP contribution is 2.06. The lowest BCUT2D eigenvalue weighted by Crippen LogP contribution is -2.41. The predicted molar refractivity (Wildman–Crippen MR) is 59.5 cm³/mol. The molecule has 2 N–H and O–H groups in total. The van der Waals surface area contributed by atoms with Crippen LogP contribution in [0.4, 0.5) is 0 Å². The number of hydrogen-bond acceptors (Lipinski definition) is 4. The maximum atomic E-state index is 12.0. The number of morpholine rings is 1. The summed E-state index contributed by atoms with van der Waals surface area (Å²) in [6.07, 6.45) is 1.32. The van der Waals surface area contributed by atoms with Crippen molar-refractivity contribution in [2.24, 2.45) is 5.73 Å². The van der Waals surface area contributed by atoms with Crippen molar-refractivity contribution in [2.45, 2.75) is 0 Å². The summed E-state index contributed by atoms with van der Waals surface area (Å²) in [5.74, 6) is -0.702. The molecule has 0 spiro atoms. The first-order valence-electron chi connectivity index (χ1n) is 5.31. The molecule has 17 heavy (non-hydrogen) atoms. The molecule has 0 unspecified atom stereocenters. The van der Waals surface area contributed by atoms with Crippen molar-refractivity contribution < 1.29 is 14.3 Å². The Morgan fingerprint density at radius 1 is 1.29 bits per heavy atom.